The summed E-state index contributed by atoms with van der Waals surface area (Å²) in [5, 5.41) is 9.05. The Morgan fingerprint density at radius 1 is 1.47 bits per heavy atom. The first-order chi connectivity index (χ1) is 8.77. The molecule has 0 aromatic rings. The largest absolute Gasteiger partial charge is 0.480 e. The van der Waals surface area contributed by atoms with Gasteiger partial charge in [-0.15, -0.1) is 0 Å². The van der Waals surface area contributed by atoms with E-state index >= 15 is 0 Å². The average molecular weight is 293 g/mol. The highest BCUT2D eigenvalue weighted by molar-refractivity contribution is 7.89. The van der Waals surface area contributed by atoms with E-state index in [9.17, 15) is 13.2 Å². The van der Waals surface area contributed by atoms with Crippen LogP contribution in [-0.4, -0.2) is 55.4 Å². The van der Waals surface area contributed by atoms with Gasteiger partial charge in [0.1, 0.15) is 6.04 Å². The Labute approximate surface area is 114 Å². The molecular formula is C12H23NO5S. The van der Waals surface area contributed by atoms with E-state index in [0.717, 1.165) is 4.31 Å². The summed E-state index contributed by atoms with van der Waals surface area (Å²) in [6, 6.07) is -0.915. The van der Waals surface area contributed by atoms with Crippen LogP contribution in [0.1, 0.15) is 33.1 Å². The summed E-state index contributed by atoms with van der Waals surface area (Å²) in [6.07, 6.45) is 1.23. The number of hydrogen-bond donors (Lipinski definition) is 1. The summed E-state index contributed by atoms with van der Waals surface area (Å²) in [7, 11) is -2.10. The molecule has 0 aliphatic carbocycles. The predicted molar refractivity (Wildman–Crippen MR) is 71.4 cm³/mol. The zero-order valence-electron chi connectivity index (χ0n) is 11.7. The van der Waals surface area contributed by atoms with Gasteiger partial charge < -0.3 is 9.84 Å². The molecule has 0 saturated carbocycles. The second-order valence-electron chi connectivity index (χ2n) is 5.37. The Morgan fingerprint density at radius 3 is 2.58 bits per heavy atom. The maximum Gasteiger partial charge on any atom is 0.322 e. The van der Waals surface area contributed by atoms with E-state index in [-0.39, 0.29) is 18.4 Å². The summed E-state index contributed by atoms with van der Waals surface area (Å²) < 4.78 is 30.9. The van der Waals surface area contributed by atoms with Gasteiger partial charge >= 0.3 is 5.97 Å². The quantitative estimate of drug-likeness (QED) is 0.755. The Bertz CT molecular complexity index is 406. The van der Waals surface area contributed by atoms with Gasteiger partial charge in [0.15, 0.2) is 0 Å². The lowest BCUT2D eigenvalue weighted by molar-refractivity contribution is -0.140. The monoisotopic (exact) mass is 293 g/mol. The molecule has 2 atom stereocenters. The van der Waals surface area contributed by atoms with Crippen molar-refractivity contribution < 1.29 is 23.1 Å². The van der Waals surface area contributed by atoms with E-state index in [1.54, 1.807) is 0 Å². The van der Waals surface area contributed by atoms with Crippen molar-refractivity contribution in [2.24, 2.45) is 5.92 Å². The molecule has 0 radical (unpaired) electrons. The first-order valence-corrected chi connectivity index (χ1v) is 8.14. The van der Waals surface area contributed by atoms with Crippen LogP contribution < -0.4 is 0 Å². The van der Waals surface area contributed by atoms with E-state index in [4.69, 9.17) is 9.84 Å². The second kappa shape index (κ2) is 6.67. The Kier molecular flexibility index (Phi) is 5.76. The van der Waals surface area contributed by atoms with Crippen LogP contribution in [0.15, 0.2) is 0 Å². The molecule has 1 rings (SSSR count). The van der Waals surface area contributed by atoms with Crippen LogP contribution in [-0.2, 0) is 19.6 Å². The van der Waals surface area contributed by atoms with Crippen LogP contribution in [0.5, 0.6) is 0 Å². The Balaban J connectivity index is 2.77. The van der Waals surface area contributed by atoms with Gasteiger partial charge in [0, 0.05) is 13.7 Å². The Hall–Kier alpha value is -0.660. The maximum absolute atomic E-state index is 12.3. The second-order valence-corrected chi connectivity index (χ2v) is 7.34. The van der Waals surface area contributed by atoms with Crippen LogP contribution in [0.25, 0.3) is 0 Å². The zero-order chi connectivity index (χ0) is 14.6. The molecule has 1 aliphatic rings. The molecule has 1 heterocycles. The molecule has 7 heteroatoms. The predicted octanol–water partition coefficient (Wildman–Crippen LogP) is 0.926. The number of nitrogens with zero attached hydrogens (tertiary/aromatic N) is 1. The molecule has 0 aromatic carbocycles. The normalized spacial score (nSPS) is 22.8. The molecule has 1 aliphatic heterocycles. The van der Waals surface area contributed by atoms with Crippen molar-refractivity contribution in [3.8, 4) is 0 Å². The third-order valence-corrected chi connectivity index (χ3v) is 5.25. The molecule has 19 heavy (non-hydrogen) atoms. The first kappa shape index (κ1) is 16.4. The molecule has 6 nitrogen and oxygen atoms in total. The molecule has 0 amide bonds. The van der Waals surface area contributed by atoms with Crippen LogP contribution >= 0.6 is 0 Å². The van der Waals surface area contributed by atoms with Crippen molar-refractivity contribution in [2.45, 2.75) is 45.3 Å². The molecule has 0 aromatic heterocycles. The summed E-state index contributed by atoms with van der Waals surface area (Å²) >= 11 is 0. The molecular weight excluding hydrogens is 270 g/mol. The number of ether oxygens (including phenoxy) is 1. The lowest BCUT2D eigenvalue weighted by Gasteiger charge is -2.24. The molecule has 112 valence electrons. The lowest BCUT2D eigenvalue weighted by atomic mass is 10.1. The Morgan fingerprint density at radius 2 is 2.11 bits per heavy atom. The molecule has 1 fully saturated rings. The number of rotatable bonds is 7. The van der Waals surface area contributed by atoms with Crippen molar-refractivity contribution in [2.75, 3.05) is 19.4 Å². The van der Waals surface area contributed by atoms with Crippen molar-refractivity contribution >= 4 is 16.0 Å². The van der Waals surface area contributed by atoms with Crippen LogP contribution in [0.2, 0.25) is 0 Å². The van der Waals surface area contributed by atoms with E-state index < -0.39 is 22.0 Å². The molecule has 0 bridgehead atoms. The highest BCUT2D eigenvalue weighted by Gasteiger charge is 2.39. The summed E-state index contributed by atoms with van der Waals surface area (Å²) in [5.41, 5.74) is 0. The third-order valence-electron chi connectivity index (χ3n) is 3.31. The summed E-state index contributed by atoms with van der Waals surface area (Å²) in [6.45, 7) is 4.28. The number of sulfonamides is 1. The fourth-order valence-corrected chi connectivity index (χ4v) is 4.33. The number of methoxy groups -OCH3 is 1. The number of carboxylic acids is 1. The van der Waals surface area contributed by atoms with Crippen molar-refractivity contribution in [1.29, 1.82) is 0 Å². The smallest absolute Gasteiger partial charge is 0.322 e. The molecule has 1 saturated heterocycles. The van der Waals surface area contributed by atoms with Gasteiger partial charge in [-0.05, 0) is 25.2 Å². The van der Waals surface area contributed by atoms with E-state index in [1.807, 2.05) is 13.8 Å². The molecule has 1 unspecified atom stereocenters. The van der Waals surface area contributed by atoms with Gasteiger partial charge in [-0.2, -0.15) is 4.31 Å². The summed E-state index contributed by atoms with van der Waals surface area (Å²) in [5.74, 6) is -0.890. The van der Waals surface area contributed by atoms with Crippen LogP contribution in [0.4, 0.5) is 0 Å². The number of hydrogen-bond acceptors (Lipinski definition) is 4. The number of aliphatic carboxylic acids is 1. The third kappa shape index (κ3) is 4.43. The topological polar surface area (TPSA) is 83.9 Å². The van der Waals surface area contributed by atoms with E-state index in [1.165, 1.54) is 7.11 Å². The molecule has 0 spiro atoms. The van der Waals surface area contributed by atoms with Gasteiger partial charge in [0.05, 0.1) is 11.9 Å². The highest BCUT2D eigenvalue weighted by atomic mass is 32.2. The average Bonchev–Trinajstić information content (AvgIpc) is 2.76. The van der Waals surface area contributed by atoms with Gasteiger partial charge in [-0.1, -0.05) is 13.8 Å². The maximum atomic E-state index is 12.3. The fraction of sp³-hybridized carbons (Fsp3) is 0.917. The van der Waals surface area contributed by atoms with Gasteiger partial charge in [-0.25, -0.2) is 8.42 Å². The molecule has 1 N–H and O–H groups in total. The van der Waals surface area contributed by atoms with Crippen molar-refractivity contribution in [1.82, 2.24) is 4.31 Å². The zero-order valence-corrected chi connectivity index (χ0v) is 12.5. The number of carboxylic acid groups (broad SMARTS) is 1. The minimum absolute atomic E-state index is 0.147. The SMILES string of the molecule is COC(CC(C)C)CS(=O)(=O)N1CCC[C@H]1C(=O)O. The van der Waals surface area contributed by atoms with E-state index in [2.05, 4.69) is 0 Å². The minimum Gasteiger partial charge on any atom is -0.480 e. The standard InChI is InChI=1S/C12H23NO5S/c1-9(2)7-10(18-3)8-19(16,17)13-6-4-5-11(13)12(14)15/h9-11H,4-8H2,1-3H3,(H,14,15)/t10?,11-/m0/s1. The minimum atomic E-state index is -3.58. The van der Waals surface area contributed by atoms with Gasteiger partial charge in [0.2, 0.25) is 10.0 Å². The highest BCUT2D eigenvalue weighted by Crippen LogP contribution is 2.23. The van der Waals surface area contributed by atoms with Crippen LogP contribution in [0, 0.1) is 5.92 Å². The van der Waals surface area contributed by atoms with Gasteiger partial charge in [0.25, 0.3) is 0 Å². The summed E-state index contributed by atoms with van der Waals surface area (Å²) in [4.78, 5) is 11.1. The first-order valence-electron chi connectivity index (χ1n) is 6.53. The van der Waals surface area contributed by atoms with Crippen molar-refractivity contribution in [3.63, 3.8) is 0 Å². The van der Waals surface area contributed by atoms with Crippen LogP contribution in [0.3, 0.4) is 0 Å². The van der Waals surface area contributed by atoms with E-state index in [0.29, 0.717) is 25.2 Å². The van der Waals surface area contributed by atoms with Crippen molar-refractivity contribution in [3.05, 3.63) is 0 Å². The number of carbonyl (C=O) groups is 1. The lowest BCUT2D eigenvalue weighted by Crippen LogP contribution is -2.43. The fourth-order valence-electron chi connectivity index (χ4n) is 2.41. The van der Waals surface area contributed by atoms with Gasteiger partial charge in [-0.3, -0.25) is 4.79 Å².